The number of sulfonamides is 1. The number of carbonyl (C=O) groups is 1. The number of hydrogen-bond donors (Lipinski definition) is 2. The van der Waals surface area contributed by atoms with Crippen LogP contribution in [-0.2, 0) is 27.9 Å². The Morgan fingerprint density at radius 3 is 2.31 bits per heavy atom. The lowest BCUT2D eigenvalue weighted by Gasteiger charge is -2.16. The number of ether oxygens (including phenoxy) is 3. The molecular formula is C29H27FN2O6S. The summed E-state index contributed by atoms with van der Waals surface area (Å²) in [5.41, 5.74) is 1.63. The first kappa shape index (κ1) is 27.5. The molecule has 0 fully saturated rings. The second-order valence-electron chi connectivity index (χ2n) is 8.42. The smallest absolute Gasteiger partial charge is 0.338 e. The molecule has 0 heterocycles. The number of halogens is 1. The lowest BCUT2D eigenvalue weighted by Crippen LogP contribution is -2.17. The average molecular weight is 551 g/mol. The number of nitrogens with one attached hydrogen (secondary N) is 2. The second kappa shape index (κ2) is 12.3. The standard InChI is InChI=1S/C29H27FN2O6S/c1-36-24-13-10-20(11-14-24)18-31-27-15-12-21(29(33)38-19-22-6-3-4-9-26(22)30)16-28(27)39(34,35)32-23-7-5-8-25(17-23)37-2/h3-17,31-32H,18-19H2,1-2H3. The Bertz CT molecular complexity index is 1560. The lowest BCUT2D eigenvalue weighted by atomic mass is 10.2. The minimum Gasteiger partial charge on any atom is -0.497 e. The van der Waals surface area contributed by atoms with Crippen molar-refractivity contribution in [2.45, 2.75) is 18.0 Å². The van der Waals surface area contributed by atoms with Crippen molar-refractivity contribution in [3.05, 3.63) is 114 Å². The van der Waals surface area contributed by atoms with Crippen molar-refractivity contribution in [2.24, 2.45) is 0 Å². The van der Waals surface area contributed by atoms with E-state index in [1.165, 1.54) is 49.6 Å². The molecular weight excluding hydrogens is 523 g/mol. The Balaban J connectivity index is 1.62. The van der Waals surface area contributed by atoms with Crippen molar-refractivity contribution in [3.63, 3.8) is 0 Å². The lowest BCUT2D eigenvalue weighted by molar-refractivity contribution is 0.0468. The van der Waals surface area contributed by atoms with Crippen LogP contribution in [0.3, 0.4) is 0 Å². The van der Waals surface area contributed by atoms with Gasteiger partial charge in [-0.1, -0.05) is 36.4 Å². The highest BCUT2D eigenvalue weighted by Gasteiger charge is 2.22. The van der Waals surface area contributed by atoms with Crippen LogP contribution in [0.2, 0.25) is 0 Å². The van der Waals surface area contributed by atoms with E-state index >= 15 is 0 Å². The van der Waals surface area contributed by atoms with E-state index in [0.29, 0.717) is 18.0 Å². The predicted molar refractivity (Wildman–Crippen MR) is 146 cm³/mol. The van der Waals surface area contributed by atoms with Gasteiger partial charge in [-0.05, 0) is 54.1 Å². The highest BCUT2D eigenvalue weighted by molar-refractivity contribution is 7.92. The maximum Gasteiger partial charge on any atom is 0.338 e. The van der Waals surface area contributed by atoms with Gasteiger partial charge in [0.05, 0.1) is 31.2 Å². The number of benzene rings is 4. The van der Waals surface area contributed by atoms with Gasteiger partial charge in [-0.15, -0.1) is 0 Å². The van der Waals surface area contributed by atoms with E-state index in [1.54, 1.807) is 43.5 Å². The topological polar surface area (TPSA) is 103 Å². The maximum atomic E-state index is 13.9. The monoisotopic (exact) mass is 550 g/mol. The molecule has 0 unspecified atom stereocenters. The molecule has 0 atom stereocenters. The Hall–Kier alpha value is -4.57. The van der Waals surface area contributed by atoms with E-state index in [2.05, 4.69) is 10.0 Å². The fourth-order valence-electron chi connectivity index (χ4n) is 3.70. The molecule has 0 aliphatic rings. The molecule has 39 heavy (non-hydrogen) atoms. The van der Waals surface area contributed by atoms with Gasteiger partial charge in [-0.25, -0.2) is 17.6 Å². The summed E-state index contributed by atoms with van der Waals surface area (Å²) in [5, 5.41) is 3.13. The Morgan fingerprint density at radius 1 is 0.846 bits per heavy atom. The zero-order valence-corrected chi connectivity index (χ0v) is 22.1. The van der Waals surface area contributed by atoms with Gasteiger partial charge in [-0.2, -0.15) is 0 Å². The minimum atomic E-state index is -4.17. The van der Waals surface area contributed by atoms with Crippen LogP contribution < -0.4 is 19.5 Å². The highest BCUT2D eigenvalue weighted by Crippen LogP contribution is 2.28. The summed E-state index contributed by atoms with van der Waals surface area (Å²) in [5.74, 6) is -0.131. The van der Waals surface area contributed by atoms with Gasteiger partial charge in [0.15, 0.2) is 0 Å². The van der Waals surface area contributed by atoms with Crippen LogP contribution in [0.1, 0.15) is 21.5 Å². The molecule has 202 valence electrons. The Kier molecular flexibility index (Phi) is 8.67. The predicted octanol–water partition coefficient (Wildman–Crippen LogP) is 5.61. The number of carbonyl (C=O) groups excluding carboxylic acids is 1. The third-order valence-corrected chi connectivity index (χ3v) is 7.21. The molecule has 0 aromatic heterocycles. The van der Waals surface area contributed by atoms with Gasteiger partial charge in [-0.3, -0.25) is 4.72 Å². The van der Waals surface area contributed by atoms with E-state index in [1.807, 2.05) is 12.1 Å². The van der Waals surface area contributed by atoms with Gasteiger partial charge >= 0.3 is 5.97 Å². The number of hydrogen-bond acceptors (Lipinski definition) is 7. The molecule has 0 radical (unpaired) electrons. The van der Waals surface area contributed by atoms with Crippen molar-refractivity contribution < 1.29 is 31.8 Å². The van der Waals surface area contributed by atoms with Crippen LogP contribution in [0.25, 0.3) is 0 Å². The molecule has 0 aliphatic carbocycles. The van der Waals surface area contributed by atoms with Crippen molar-refractivity contribution in [2.75, 3.05) is 24.3 Å². The van der Waals surface area contributed by atoms with E-state index < -0.39 is 21.8 Å². The summed E-state index contributed by atoms with van der Waals surface area (Å²) in [6.07, 6.45) is 0. The summed E-state index contributed by atoms with van der Waals surface area (Å²) < 4.78 is 59.1. The largest absolute Gasteiger partial charge is 0.497 e. The summed E-state index contributed by atoms with van der Waals surface area (Å²) >= 11 is 0. The first-order chi connectivity index (χ1) is 18.8. The van der Waals surface area contributed by atoms with Gasteiger partial charge in [0, 0.05) is 18.2 Å². The van der Waals surface area contributed by atoms with E-state index in [-0.39, 0.29) is 34.0 Å². The summed E-state index contributed by atoms with van der Waals surface area (Å²) in [7, 11) is -1.12. The van der Waals surface area contributed by atoms with Gasteiger partial charge in [0.1, 0.15) is 28.8 Å². The van der Waals surface area contributed by atoms with Gasteiger partial charge in [0.2, 0.25) is 0 Å². The Morgan fingerprint density at radius 2 is 1.59 bits per heavy atom. The fourth-order valence-corrected chi connectivity index (χ4v) is 4.96. The summed E-state index contributed by atoms with van der Waals surface area (Å²) in [6, 6.07) is 23.8. The molecule has 0 saturated carbocycles. The maximum absolute atomic E-state index is 13.9. The number of rotatable bonds is 11. The Labute approximate surface area is 226 Å². The van der Waals surface area contributed by atoms with E-state index in [0.717, 1.165) is 5.56 Å². The van der Waals surface area contributed by atoms with Crippen molar-refractivity contribution >= 4 is 27.4 Å². The molecule has 0 amide bonds. The molecule has 8 nitrogen and oxygen atoms in total. The van der Waals surface area contributed by atoms with Crippen LogP contribution in [0.5, 0.6) is 11.5 Å². The molecule has 4 rings (SSSR count). The molecule has 0 bridgehead atoms. The quantitative estimate of drug-likeness (QED) is 0.234. The van der Waals surface area contributed by atoms with Crippen LogP contribution in [0.15, 0.2) is 95.9 Å². The second-order valence-corrected chi connectivity index (χ2v) is 10.1. The summed E-state index contributed by atoms with van der Waals surface area (Å²) in [6.45, 7) is 0.00979. The summed E-state index contributed by atoms with van der Waals surface area (Å²) in [4.78, 5) is 12.6. The fraction of sp³-hybridized carbons (Fsp3) is 0.138. The number of esters is 1. The minimum absolute atomic E-state index is 0.00708. The highest BCUT2D eigenvalue weighted by atomic mass is 32.2. The molecule has 4 aromatic rings. The van der Waals surface area contributed by atoms with E-state index in [4.69, 9.17) is 14.2 Å². The number of methoxy groups -OCH3 is 2. The van der Waals surface area contributed by atoms with Crippen molar-refractivity contribution in [1.29, 1.82) is 0 Å². The molecule has 0 spiro atoms. The zero-order valence-electron chi connectivity index (χ0n) is 21.3. The van der Waals surface area contributed by atoms with Crippen molar-refractivity contribution in [1.82, 2.24) is 0 Å². The zero-order chi connectivity index (χ0) is 27.8. The number of anilines is 2. The third-order valence-electron chi connectivity index (χ3n) is 5.79. The average Bonchev–Trinajstić information content (AvgIpc) is 2.95. The van der Waals surface area contributed by atoms with Gasteiger partial charge < -0.3 is 19.5 Å². The normalized spacial score (nSPS) is 10.9. The van der Waals surface area contributed by atoms with Crippen LogP contribution in [0.4, 0.5) is 15.8 Å². The molecule has 0 saturated heterocycles. The third kappa shape index (κ3) is 7.05. The van der Waals surface area contributed by atoms with Crippen LogP contribution in [-0.4, -0.2) is 28.6 Å². The molecule has 10 heteroatoms. The SMILES string of the molecule is COc1ccc(CNc2ccc(C(=O)OCc3ccccc3F)cc2S(=O)(=O)Nc2cccc(OC)c2)cc1. The molecule has 4 aromatic carbocycles. The van der Waals surface area contributed by atoms with E-state index in [9.17, 15) is 17.6 Å². The van der Waals surface area contributed by atoms with Gasteiger partial charge in [0.25, 0.3) is 10.0 Å². The molecule has 0 aliphatic heterocycles. The van der Waals surface area contributed by atoms with Crippen LogP contribution >= 0.6 is 0 Å². The molecule has 2 N–H and O–H groups in total. The first-order valence-electron chi connectivity index (χ1n) is 11.9. The van der Waals surface area contributed by atoms with Crippen molar-refractivity contribution in [3.8, 4) is 11.5 Å². The van der Waals surface area contributed by atoms with Crippen LogP contribution in [0, 0.1) is 5.82 Å². The first-order valence-corrected chi connectivity index (χ1v) is 13.4.